The molecule has 2 rings (SSSR count). The lowest BCUT2D eigenvalue weighted by atomic mass is 10.1. The first-order chi connectivity index (χ1) is 14.4. The Morgan fingerprint density at radius 2 is 1.97 bits per heavy atom. The van der Waals surface area contributed by atoms with Gasteiger partial charge in [-0.05, 0) is 42.4 Å². The van der Waals surface area contributed by atoms with Gasteiger partial charge in [-0.2, -0.15) is 0 Å². The highest BCUT2D eigenvalue weighted by Crippen LogP contribution is 2.24. The molecule has 168 valence electrons. The van der Waals surface area contributed by atoms with Gasteiger partial charge in [-0.15, -0.1) is 0 Å². The first-order valence-corrected chi connectivity index (χ1v) is 10.5. The van der Waals surface area contributed by atoms with Gasteiger partial charge in [0, 0.05) is 12.1 Å². The summed E-state index contributed by atoms with van der Waals surface area (Å²) >= 11 is 5.82. The van der Waals surface area contributed by atoms with E-state index in [4.69, 9.17) is 33.6 Å². The van der Waals surface area contributed by atoms with Crippen LogP contribution in [0.25, 0.3) is 0 Å². The zero-order valence-corrected chi connectivity index (χ0v) is 17.8. The van der Waals surface area contributed by atoms with Gasteiger partial charge in [-0.1, -0.05) is 11.6 Å². The number of pyridine rings is 1. The number of primary amides is 1. The zero-order valence-electron chi connectivity index (χ0n) is 16.2. The molecule has 0 saturated carbocycles. The molecule has 0 aliphatic heterocycles. The summed E-state index contributed by atoms with van der Waals surface area (Å²) < 4.78 is 41.6. The Morgan fingerprint density at radius 1 is 1.29 bits per heavy atom. The molecular weight excluding hydrogens is 455 g/mol. The molecule has 1 aromatic carbocycles. The largest absolute Gasteiger partial charge is 0.393 e. The van der Waals surface area contributed by atoms with Crippen LogP contribution >= 0.6 is 11.6 Å². The summed E-state index contributed by atoms with van der Waals surface area (Å²) in [6.45, 7) is 1.38. The summed E-state index contributed by atoms with van der Waals surface area (Å²) in [5.41, 5.74) is 14.8. The molecule has 1 unspecified atom stereocenters. The number of nitrogens with two attached hydrogens (primary N) is 3. The maximum absolute atomic E-state index is 13.2. The number of aromatic nitrogens is 1. The number of halogens is 2. The van der Waals surface area contributed by atoms with Gasteiger partial charge >= 0.3 is 0 Å². The minimum atomic E-state index is -4.34. The van der Waals surface area contributed by atoms with Crippen molar-refractivity contribution in [3.63, 3.8) is 0 Å². The number of anilines is 1. The van der Waals surface area contributed by atoms with Gasteiger partial charge in [0.2, 0.25) is 11.9 Å². The normalized spacial score (nSPS) is 12.1. The van der Waals surface area contributed by atoms with E-state index in [-0.39, 0.29) is 29.7 Å². The van der Waals surface area contributed by atoms with Crippen molar-refractivity contribution in [3.8, 4) is 0 Å². The fraction of sp³-hybridized carbons (Fsp3) is 0.235. The van der Waals surface area contributed by atoms with Crippen LogP contribution in [0.5, 0.6) is 0 Å². The number of rotatable bonds is 9. The quantitative estimate of drug-likeness (QED) is 0.175. The third kappa shape index (κ3) is 5.86. The summed E-state index contributed by atoms with van der Waals surface area (Å²) in [6.07, 6.45) is -0.0765. The van der Waals surface area contributed by atoms with Crippen LogP contribution in [0.15, 0.2) is 45.2 Å². The monoisotopic (exact) mass is 474 g/mol. The molecule has 0 radical (unpaired) electrons. The smallest absolute Gasteiger partial charge is 0.275 e. The minimum absolute atomic E-state index is 0.0765. The Morgan fingerprint density at radius 3 is 2.55 bits per heavy atom. The standard InChI is InChI=1S/C17H20ClFN6O5S/c1-9-2-4-12(24-31(28,29)14-5-3-10(19)8-11(14)18)16(27)25(9)13(15(20)26)6-7-30-23-17(21)22/h2-5,8,13,24H,6-7H2,1H3,(H2,20,26)(H4,21,22,23). The molecule has 11 nitrogen and oxygen atoms in total. The van der Waals surface area contributed by atoms with E-state index in [1.54, 1.807) is 0 Å². The van der Waals surface area contributed by atoms with Crippen molar-refractivity contribution in [1.82, 2.24) is 4.57 Å². The summed E-state index contributed by atoms with van der Waals surface area (Å²) in [4.78, 5) is 29.3. The number of carbonyl (C=O) groups excluding carboxylic acids is 1. The second kappa shape index (κ2) is 9.66. The molecule has 0 bridgehead atoms. The third-order valence-electron chi connectivity index (χ3n) is 4.04. The van der Waals surface area contributed by atoms with Crippen molar-refractivity contribution < 1.29 is 22.4 Å². The number of sulfonamides is 1. The number of aryl methyl sites for hydroxylation is 1. The average Bonchev–Trinajstić information content (AvgIpc) is 2.65. The fourth-order valence-electron chi connectivity index (χ4n) is 2.69. The van der Waals surface area contributed by atoms with E-state index in [1.165, 1.54) is 19.1 Å². The van der Waals surface area contributed by atoms with Crippen LogP contribution in [-0.4, -0.2) is 31.5 Å². The van der Waals surface area contributed by atoms with Crippen LogP contribution in [-0.2, 0) is 19.7 Å². The first-order valence-electron chi connectivity index (χ1n) is 8.64. The van der Waals surface area contributed by atoms with Crippen LogP contribution < -0.4 is 27.5 Å². The molecule has 2 aromatic rings. The molecule has 0 aliphatic carbocycles. The Hall–Kier alpha value is -3.32. The second-order valence-electron chi connectivity index (χ2n) is 6.30. The Kier molecular flexibility index (Phi) is 7.46. The Balaban J connectivity index is 2.41. The first kappa shape index (κ1) is 24.0. The molecule has 0 fully saturated rings. The lowest BCUT2D eigenvalue weighted by molar-refractivity contribution is -0.121. The van der Waals surface area contributed by atoms with Crippen LogP contribution in [0.3, 0.4) is 0 Å². The van der Waals surface area contributed by atoms with E-state index in [2.05, 4.69) is 9.88 Å². The van der Waals surface area contributed by atoms with Crippen LogP contribution in [0, 0.1) is 12.7 Å². The van der Waals surface area contributed by atoms with Crippen LogP contribution in [0.4, 0.5) is 10.1 Å². The second-order valence-corrected chi connectivity index (χ2v) is 8.36. The van der Waals surface area contributed by atoms with Gasteiger partial charge in [0.05, 0.1) is 5.02 Å². The Labute approximate surface area is 181 Å². The number of hydrogen-bond donors (Lipinski definition) is 4. The summed E-state index contributed by atoms with van der Waals surface area (Å²) in [7, 11) is -4.34. The molecule has 1 atom stereocenters. The summed E-state index contributed by atoms with van der Waals surface area (Å²) in [5.74, 6) is -1.92. The molecule has 1 amide bonds. The average molecular weight is 475 g/mol. The van der Waals surface area contributed by atoms with Crippen LogP contribution in [0.1, 0.15) is 18.2 Å². The predicted molar refractivity (Wildman–Crippen MR) is 112 cm³/mol. The number of guanidine groups is 1. The molecule has 0 spiro atoms. The highest BCUT2D eigenvalue weighted by atomic mass is 35.5. The van der Waals surface area contributed by atoms with Crippen molar-refractivity contribution >= 4 is 39.2 Å². The number of nitrogens with one attached hydrogen (secondary N) is 1. The highest BCUT2D eigenvalue weighted by Gasteiger charge is 2.25. The number of nitrogens with zero attached hydrogens (tertiary/aromatic N) is 2. The van der Waals surface area contributed by atoms with Crippen LogP contribution in [0.2, 0.25) is 5.02 Å². The number of oxime groups is 1. The highest BCUT2D eigenvalue weighted by molar-refractivity contribution is 7.92. The number of carbonyl (C=O) groups is 1. The summed E-state index contributed by atoms with van der Waals surface area (Å²) in [5, 5.41) is 2.94. The van der Waals surface area contributed by atoms with Gasteiger partial charge in [0.15, 0.2) is 0 Å². The van der Waals surface area contributed by atoms with E-state index < -0.39 is 38.2 Å². The number of amides is 1. The van der Waals surface area contributed by atoms with E-state index >= 15 is 0 Å². The summed E-state index contributed by atoms with van der Waals surface area (Å²) in [6, 6.07) is 4.15. The molecule has 0 saturated heterocycles. The number of hydrogen-bond acceptors (Lipinski definition) is 6. The van der Waals surface area contributed by atoms with E-state index in [0.29, 0.717) is 5.69 Å². The lowest BCUT2D eigenvalue weighted by Gasteiger charge is -2.20. The Bertz CT molecular complexity index is 1180. The SMILES string of the molecule is Cc1ccc(NS(=O)(=O)c2ccc(F)cc2Cl)c(=O)n1C(CCON=C(N)N)C(N)=O. The van der Waals surface area contributed by atoms with Crippen molar-refractivity contribution in [2.75, 3.05) is 11.3 Å². The topological polar surface area (TPSA) is 185 Å². The van der Waals surface area contributed by atoms with E-state index in [9.17, 15) is 22.4 Å². The maximum atomic E-state index is 13.2. The maximum Gasteiger partial charge on any atom is 0.275 e. The molecule has 1 aromatic heterocycles. The molecule has 0 aliphatic rings. The fourth-order valence-corrected chi connectivity index (χ4v) is 4.28. The van der Waals surface area contributed by atoms with E-state index in [0.717, 1.165) is 22.8 Å². The van der Waals surface area contributed by atoms with Crippen molar-refractivity contribution in [1.29, 1.82) is 0 Å². The third-order valence-corrected chi connectivity index (χ3v) is 5.89. The van der Waals surface area contributed by atoms with Gasteiger partial charge in [0.25, 0.3) is 15.6 Å². The molecular formula is C17H20ClFN6O5S. The van der Waals surface area contributed by atoms with Gasteiger partial charge in [-0.25, -0.2) is 12.8 Å². The van der Waals surface area contributed by atoms with E-state index in [1.807, 2.05) is 0 Å². The molecule has 14 heteroatoms. The lowest BCUT2D eigenvalue weighted by Crippen LogP contribution is -2.37. The molecule has 31 heavy (non-hydrogen) atoms. The van der Waals surface area contributed by atoms with Gasteiger partial charge < -0.3 is 22.0 Å². The van der Waals surface area contributed by atoms with Gasteiger partial charge in [-0.3, -0.25) is 18.9 Å². The molecule has 1 heterocycles. The van der Waals surface area contributed by atoms with Crippen molar-refractivity contribution in [2.24, 2.45) is 22.4 Å². The predicted octanol–water partition coefficient (Wildman–Crippen LogP) is 0.372. The van der Waals surface area contributed by atoms with Gasteiger partial charge in [0.1, 0.15) is 29.0 Å². The van der Waals surface area contributed by atoms with Crippen molar-refractivity contribution in [2.45, 2.75) is 24.3 Å². The van der Waals surface area contributed by atoms with Crippen molar-refractivity contribution in [3.05, 3.63) is 57.2 Å². The number of benzene rings is 1. The zero-order chi connectivity index (χ0) is 23.3. The molecule has 7 N–H and O–H groups in total. The minimum Gasteiger partial charge on any atom is -0.393 e.